The van der Waals surface area contributed by atoms with Gasteiger partial charge in [-0.2, -0.15) is 0 Å². The molecule has 2 N–H and O–H groups in total. The molecule has 1 saturated heterocycles. The highest BCUT2D eigenvalue weighted by Crippen LogP contribution is 2.19. The van der Waals surface area contributed by atoms with E-state index in [4.69, 9.17) is 5.73 Å². The third kappa shape index (κ3) is 4.23. The van der Waals surface area contributed by atoms with E-state index >= 15 is 0 Å². The van der Waals surface area contributed by atoms with Crippen LogP contribution < -0.4 is 5.73 Å². The molecule has 0 radical (unpaired) electrons. The number of benzene rings is 1. The Kier molecular flexibility index (Phi) is 6.06. The molecular formula is C14H22ClFN2. The smallest absolute Gasteiger partial charge is 0.123 e. The van der Waals surface area contributed by atoms with Crippen LogP contribution in [0.3, 0.4) is 0 Å². The molecule has 2 nitrogen and oxygen atoms in total. The fourth-order valence-electron chi connectivity index (χ4n) is 2.54. The first-order valence-corrected chi connectivity index (χ1v) is 6.38. The van der Waals surface area contributed by atoms with Crippen molar-refractivity contribution in [2.24, 2.45) is 5.73 Å². The summed E-state index contributed by atoms with van der Waals surface area (Å²) in [6, 6.07) is 7.15. The average molecular weight is 273 g/mol. The van der Waals surface area contributed by atoms with Gasteiger partial charge in [-0.25, -0.2) is 4.39 Å². The van der Waals surface area contributed by atoms with Crippen LogP contribution in [0.25, 0.3) is 0 Å². The predicted molar refractivity (Wildman–Crippen MR) is 75.7 cm³/mol. The van der Waals surface area contributed by atoms with Crippen LogP contribution >= 0.6 is 12.4 Å². The van der Waals surface area contributed by atoms with E-state index in [1.54, 1.807) is 0 Å². The molecule has 0 aromatic heterocycles. The van der Waals surface area contributed by atoms with E-state index in [-0.39, 0.29) is 18.2 Å². The molecule has 0 saturated carbocycles. The topological polar surface area (TPSA) is 29.3 Å². The van der Waals surface area contributed by atoms with E-state index in [1.807, 2.05) is 12.1 Å². The second kappa shape index (κ2) is 7.07. The number of piperidine rings is 1. The van der Waals surface area contributed by atoms with Gasteiger partial charge >= 0.3 is 0 Å². The molecule has 0 aliphatic carbocycles. The third-order valence-electron chi connectivity index (χ3n) is 3.51. The molecule has 1 aromatic carbocycles. The summed E-state index contributed by atoms with van der Waals surface area (Å²) in [5.74, 6) is 0.266. The Morgan fingerprint density at radius 1 is 1.39 bits per heavy atom. The summed E-state index contributed by atoms with van der Waals surface area (Å²) in [5.41, 5.74) is 7.17. The summed E-state index contributed by atoms with van der Waals surface area (Å²) >= 11 is 0. The van der Waals surface area contributed by atoms with Crippen molar-refractivity contribution in [2.45, 2.75) is 31.7 Å². The van der Waals surface area contributed by atoms with Gasteiger partial charge in [0.2, 0.25) is 0 Å². The van der Waals surface area contributed by atoms with E-state index in [2.05, 4.69) is 11.8 Å². The Bertz CT molecular complexity index is 355. The van der Waals surface area contributed by atoms with Gasteiger partial charge in [-0.3, -0.25) is 0 Å². The van der Waals surface area contributed by atoms with Crippen molar-refractivity contribution in [3.8, 4) is 0 Å². The first-order valence-electron chi connectivity index (χ1n) is 6.38. The van der Waals surface area contributed by atoms with Gasteiger partial charge in [-0.15, -0.1) is 12.4 Å². The molecule has 18 heavy (non-hydrogen) atoms. The van der Waals surface area contributed by atoms with Crippen molar-refractivity contribution in [3.63, 3.8) is 0 Å². The Morgan fingerprint density at radius 2 is 2.06 bits per heavy atom. The first-order chi connectivity index (χ1) is 8.15. The highest BCUT2D eigenvalue weighted by molar-refractivity contribution is 5.85. The van der Waals surface area contributed by atoms with Crippen LogP contribution in [0.2, 0.25) is 0 Å². The van der Waals surface area contributed by atoms with Crippen molar-refractivity contribution < 1.29 is 4.39 Å². The summed E-state index contributed by atoms with van der Waals surface area (Å²) < 4.78 is 12.8. The lowest BCUT2D eigenvalue weighted by atomic mass is 9.98. The van der Waals surface area contributed by atoms with Gasteiger partial charge in [0, 0.05) is 19.1 Å². The Balaban J connectivity index is 0.00000162. The standard InChI is InChI=1S/C14H21FN2.ClH/c1-11(12-4-6-13(15)7-5-12)9-17-8-2-3-14(16)10-17;/h4-7,11,14H,2-3,8-10,16H2,1H3;1H/t11?,14-;/m1./s1. The fourth-order valence-corrected chi connectivity index (χ4v) is 2.54. The molecule has 0 spiro atoms. The fraction of sp³-hybridized carbons (Fsp3) is 0.571. The quantitative estimate of drug-likeness (QED) is 0.917. The summed E-state index contributed by atoms with van der Waals surface area (Å²) in [7, 11) is 0. The van der Waals surface area contributed by atoms with Gasteiger partial charge in [0.05, 0.1) is 0 Å². The number of hydrogen-bond acceptors (Lipinski definition) is 2. The maximum absolute atomic E-state index is 12.8. The van der Waals surface area contributed by atoms with Crippen molar-refractivity contribution in [3.05, 3.63) is 35.6 Å². The van der Waals surface area contributed by atoms with Crippen LogP contribution in [0, 0.1) is 5.82 Å². The zero-order chi connectivity index (χ0) is 12.3. The normalized spacial score (nSPS) is 22.3. The van der Waals surface area contributed by atoms with Crippen LogP contribution in [0.1, 0.15) is 31.2 Å². The van der Waals surface area contributed by atoms with Gasteiger partial charge in [-0.1, -0.05) is 19.1 Å². The minimum Gasteiger partial charge on any atom is -0.327 e. The summed E-state index contributed by atoms with van der Waals surface area (Å²) in [5, 5.41) is 0. The van der Waals surface area contributed by atoms with Crippen LogP contribution in [-0.4, -0.2) is 30.6 Å². The summed E-state index contributed by atoms with van der Waals surface area (Å²) in [4.78, 5) is 2.42. The monoisotopic (exact) mass is 272 g/mol. The highest BCUT2D eigenvalue weighted by Gasteiger charge is 2.18. The van der Waals surface area contributed by atoms with Crippen molar-refractivity contribution in [1.29, 1.82) is 0 Å². The number of nitrogens with two attached hydrogens (primary N) is 1. The molecule has 1 fully saturated rings. The van der Waals surface area contributed by atoms with E-state index in [0.29, 0.717) is 12.0 Å². The zero-order valence-corrected chi connectivity index (χ0v) is 11.6. The molecule has 2 atom stereocenters. The zero-order valence-electron chi connectivity index (χ0n) is 10.8. The molecule has 2 rings (SSSR count). The maximum Gasteiger partial charge on any atom is 0.123 e. The molecule has 0 bridgehead atoms. The molecule has 102 valence electrons. The largest absolute Gasteiger partial charge is 0.327 e. The van der Waals surface area contributed by atoms with E-state index in [0.717, 1.165) is 26.1 Å². The van der Waals surface area contributed by atoms with Gasteiger partial charge in [-0.05, 0) is 43.0 Å². The first kappa shape index (κ1) is 15.4. The van der Waals surface area contributed by atoms with Crippen LogP contribution in [0.15, 0.2) is 24.3 Å². The lowest BCUT2D eigenvalue weighted by Gasteiger charge is -2.32. The molecule has 1 aliphatic heterocycles. The van der Waals surface area contributed by atoms with E-state index < -0.39 is 0 Å². The van der Waals surface area contributed by atoms with Gasteiger partial charge in [0.1, 0.15) is 5.82 Å². The number of halogens is 2. The van der Waals surface area contributed by atoms with Crippen LogP contribution in [0.4, 0.5) is 4.39 Å². The SMILES string of the molecule is CC(CN1CCC[C@@H](N)C1)c1ccc(F)cc1.Cl. The molecule has 1 heterocycles. The highest BCUT2D eigenvalue weighted by atomic mass is 35.5. The molecule has 1 aliphatic rings. The average Bonchev–Trinajstić information content (AvgIpc) is 2.29. The van der Waals surface area contributed by atoms with Gasteiger partial charge in [0.15, 0.2) is 0 Å². The molecule has 0 amide bonds. The molecule has 4 heteroatoms. The van der Waals surface area contributed by atoms with E-state index in [9.17, 15) is 4.39 Å². The van der Waals surface area contributed by atoms with Crippen molar-refractivity contribution >= 4 is 12.4 Å². The number of likely N-dealkylation sites (tertiary alicyclic amines) is 1. The third-order valence-corrected chi connectivity index (χ3v) is 3.51. The Hall–Kier alpha value is -0.640. The van der Waals surface area contributed by atoms with Gasteiger partial charge in [0.25, 0.3) is 0 Å². The van der Waals surface area contributed by atoms with Crippen LogP contribution in [0.5, 0.6) is 0 Å². The minimum absolute atomic E-state index is 0. The summed E-state index contributed by atoms with van der Waals surface area (Å²) in [6.07, 6.45) is 2.33. The second-order valence-corrected chi connectivity index (χ2v) is 5.11. The molecule has 1 unspecified atom stereocenters. The molecular weight excluding hydrogens is 251 g/mol. The maximum atomic E-state index is 12.8. The van der Waals surface area contributed by atoms with Crippen molar-refractivity contribution in [2.75, 3.05) is 19.6 Å². The second-order valence-electron chi connectivity index (χ2n) is 5.11. The number of nitrogens with zero attached hydrogens (tertiary/aromatic N) is 1. The Labute approximate surface area is 115 Å². The van der Waals surface area contributed by atoms with Gasteiger partial charge < -0.3 is 10.6 Å². The predicted octanol–water partition coefficient (Wildman–Crippen LogP) is 2.77. The lowest BCUT2D eigenvalue weighted by molar-refractivity contribution is 0.200. The molecule has 1 aromatic rings. The number of rotatable bonds is 3. The van der Waals surface area contributed by atoms with Crippen LogP contribution in [-0.2, 0) is 0 Å². The number of hydrogen-bond donors (Lipinski definition) is 1. The summed E-state index contributed by atoms with van der Waals surface area (Å²) in [6.45, 7) is 5.33. The minimum atomic E-state index is -0.166. The Morgan fingerprint density at radius 3 is 2.67 bits per heavy atom. The van der Waals surface area contributed by atoms with E-state index in [1.165, 1.54) is 24.1 Å². The lowest BCUT2D eigenvalue weighted by Crippen LogP contribution is -2.44. The van der Waals surface area contributed by atoms with Crippen molar-refractivity contribution in [1.82, 2.24) is 4.90 Å².